The van der Waals surface area contributed by atoms with E-state index in [0.29, 0.717) is 5.69 Å². The number of primary amides is 1. The highest BCUT2D eigenvalue weighted by Crippen LogP contribution is 2.18. The van der Waals surface area contributed by atoms with E-state index in [-0.39, 0.29) is 25.9 Å². The first-order valence-corrected chi connectivity index (χ1v) is 12.4. The number of esters is 1. The lowest BCUT2D eigenvalue weighted by molar-refractivity contribution is -0.137. The van der Waals surface area contributed by atoms with E-state index in [4.69, 9.17) is 10.5 Å². The average Bonchev–Trinajstić information content (AvgIpc) is 3.41. The Balaban J connectivity index is 1.78. The van der Waals surface area contributed by atoms with Gasteiger partial charge >= 0.3 is 5.97 Å². The van der Waals surface area contributed by atoms with Crippen molar-refractivity contribution in [3.63, 3.8) is 0 Å². The van der Waals surface area contributed by atoms with Crippen LogP contribution in [0, 0.1) is 0 Å². The Morgan fingerprint density at radius 3 is 2.29 bits per heavy atom. The largest absolute Gasteiger partial charge is 0.463 e. The number of nitrogens with one attached hydrogen (secondary N) is 3. The number of ether oxygens (including phenoxy) is 1. The zero-order chi connectivity index (χ0) is 27.3. The number of hydrogen-bond acceptors (Lipinski definition) is 5. The molecule has 9 heteroatoms. The minimum absolute atomic E-state index is 0.00143. The molecule has 0 radical (unpaired) electrons. The Hall–Kier alpha value is -4.66. The molecule has 0 saturated carbocycles. The van der Waals surface area contributed by atoms with Crippen LogP contribution in [0.2, 0.25) is 0 Å². The maximum Gasteiger partial charge on any atom is 0.330 e. The molecule has 0 spiro atoms. The first-order valence-electron chi connectivity index (χ1n) is 12.4. The first kappa shape index (κ1) is 27.9. The van der Waals surface area contributed by atoms with E-state index in [1.807, 2.05) is 60.7 Å². The third-order valence-electron chi connectivity index (χ3n) is 5.70. The van der Waals surface area contributed by atoms with E-state index < -0.39 is 35.8 Å². The van der Waals surface area contributed by atoms with E-state index >= 15 is 0 Å². The number of benzene rings is 2. The molecule has 38 heavy (non-hydrogen) atoms. The fraction of sp³-hybridized carbons (Fsp3) is 0.241. The summed E-state index contributed by atoms with van der Waals surface area (Å²) >= 11 is 0. The van der Waals surface area contributed by atoms with Gasteiger partial charge in [0, 0.05) is 30.7 Å². The molecule has 5 N–H and O–H groups in total. The van der Waals surface area contributed by atoms with Crippen molar-refractivity contribution in [3.8, 4) is 11.3 Å². The van der Waals surface area contributed by atoms with Crippen molar-refractivity contribution in [1.82, 2.24) is 15.6 Å². The van der Waals surface area contributed by atoms with Crippen LogP contribution < -0.4 is 16.4 Å². The summed E-state index contributed by atoms with van der Waals surface area (Å²) in [7, 11) is 0. The summed E-state index contributed by atoms with van der Waals surface area (Å²) in [5.41, 5.74) is 8.14. The van der Waals surface area contributed by atoms with Gasteiger partial charge in [-0.1, -0.05) is 66.7 Å². The zero-order valence-electron chi connectivity index (χ0n) is 21.2. The number of aromatic amines is 1. The molecule has 0 saturated heterocycles. The van der Waals surface area contributed by atoms with Crippen molar-refractivity contribution in [3.05, 3.63) is 96.2 Å². The molecule has 3 rings (SSSR count). The van der Waals surface area contributed by atoms with Crippen LogP contribution in [-0.2, 0) is 25.5 Å². The van der Waals surface area contributed by atoms with Gasteiger partial charge in [-0.05, 0) is 36.6 Å². The Morgan fingerprint density at radius 1 is 0.947 bits per heavy atom. The second-order valence-electron chi connectivity index (χ2n) is 8.60. The molecular formula is C29H32N4O5. The molecule has 0 aliphatic carbocycles. The number of carbonyl (C=O) groups is 4. The van der Waals surface area contributed by atoms with Crippen molar-refractivity contribution in [2.75, 3.05) is 6.61 Å². The number of nitrogens with two attached hydrogens (primary N) is 1. The predicted molar refractivity (Wildman–Crippen MR) is 144 cm³/mol. The summed E-state index contributed by atoms with van der Waals surface area (Å²) in [4.78, 5) is 52.7. The van der Waals surface area contributed by atoms with Crippen LogP contribution in [-0.4, -0.2) is 47.4 Å². The zero-order valence-corrected chi connectivity index (χ0v) is 21.2. The fourth-order valence-corrected chi connectivity index (χ4v) is 3.79. The Labute approximate surface area is 221 Å². The van der Waals surface area contributed by atoms with Crippen LogP contribution >= 0.6 is 0 Å². The fourth-order valence-electron chi connectivity index (χ4n) is 3.79. The number of H-pyrrole nitrogens is 1. The minimum atomic E-state index is -0.930. The molecule has 9 nitrogen and oxygen atoms in total. The van der Waals surface area contributed by atoms with Gasteiger partial charge in [0.2, 0.25) is 11.8 Å². The molecule has 0 aliphatic rings. The molecule has 0 bridgehead atoms. The van der Waals surface area contributed by atoms with Crippen LogP contribution in [0.1, 0.15) is 35.8 Å². The molecule has 0 fully saturated rings. The van der Waals surface area contributed by atoms with E-state index in [0.717, 1.165) is 16.8 Å². The van der Waals surface area contributed by atoms with Crippen molar-refractivity contribution in [2.45, 2.75) is 38.3 Å². The molecule has 3 amide bonds. The lowest BCUT2D eigenvalue weighted by atomic mass is 10.0. The van der Waals surface area contributed by atoms with Crippen LogP contribution in [0.3, 0.4) is 0 Å². The Bertz CT molecular complexity index is 1250. The van der Waals surface area contributed by atoms with Crippen molar-refractivity contribution >= 4 is 23.7 Å². The van der Waals surface area contributed by atoms with Gasteiger partial charge in [0.25, 0.3) is 5.91 Å². The maximum atomic E-state index is 13.4. The second-order valence-corrected chi connectivity index (χ2v) is 8.60. The summed E-state index contributed by atoms with van der Waals surface area (Å²) in [6, 6.07) is 20.7. The summed E-state index contributed by atoms with van der Waals surface area (Å²) in [6.07, 6.45) is 3.06. The third-order valence-corrected chi connectivity index (χ3v) is 5.70. The minimum Gasteiger partial charge on any atom is -0.463 e. The topological polar surface area (TPSA) is 143 Å². The van der Waals surface area contributed by atoms with E-state index in [1.54, 1.807) is 19.1 Å². The molecule has 1 heterocycles. The maximum absolute atomic E-state index is 13.4. The summed E-state index contributed by atoms with van der Waals surface area (Å²) < 4.78 is 4.89. The summed E-state index contributed by atoms with van der Waals surface area (Å²) in [6.45, 7) is 1.89. The average molecular weight is 517 g/mol. The van der Waals surface area contributed by atoms with Crippen LogP contribution in [0.25, 0.3) is 11.3 Å². The summed E-state index contributed by atoms with van der Waals surface area (Å²) in [5.74, 6) is -2.02. The number of aromatic nitrogens is 1. The molecule has 3 aromatic rings. The van der Waals surface area contributed by atoms with Gasteiger partial charge in [-0.2, -0.15) is 0 Å². The number of carbonyl (C=O) groups excluding carboxylic acids is 4. The van der Waals surface area contributed by atoms with E-state index in [2.05, 4.69) is 15.6 Å². The SMILES string of the molecule is CCOC(=O)/C=C/[C@@H](CCC(N)=O)NC(=O)[C@@H](Cc1ccccc1)NC(=O)c1ccc(-c2ccccc2)[nH]1. The van der Waals surface area contributed by atoms with Crippen molar-refractivity contribution in [1.29, 1.82) is 0 Å². The van der Waals surface area contributed by atoms with Gasteiger partial charge in [-0.3, -0.25) is 14.4 Å². The van der Waals surface area contributed by atoms with Crippen molar-refractivity contribution in [2.24, 2.45) is 5.73 Å². The van der Waals surface area contributed by atoms with Crippen LogP contribution in [0.5, 0.6) is 0 Å². The quantitative estimate of drug-likeness (QED) is 0.204. The predicted octanol–water partition coefficient (Wildman–Crippen LogP) is 2.89. The van der Waals surface area contributed by atoms with Gasteiger partial charge < -0.3 is 26.1 Å². The van der Waals surface area contributed by atoms with Crippen LogP contribution in [0.15, 0.2) is 84.9 Å². The first-order chi connectivity index (χ1) is 18.4. The van der Waals surface area contributed by atoms with Gasteiger partial charge in [0.05, 0.1) is 6.61 Å². The van der Waals surface area contributed by atoms with Crippen molar-refractivity contribution < 1.29 is 23.9 Å². The highest BCUT2D eigenvalue weighted by atomic mass is 16.5. The normalized spacial score (nSPS) is 12.4. The van der Waals surface area contributed by atoms with Gasteiger partial charge in [-0.25, -0.2) is 4.79 Å². The molecule has 0 aliphatic heterocycles. The van der Waals surface area contributed by atoms with Crippen LogP contribution in [0.4, 0.5) is 0 Å². The van der Waals surface area contributed by atoms with E-state index in [9.17, 15) is 19.2 Å². The monoisotopic (exact) mass is 516 g/mol. The van der Waals surface area contributed by atoms with E-state index in [1.165, 1.54) is 12.2 Å². The van der Waals surface area contributed by atoms with Gasteiger partial charge in [0.1, 0.15) is 11.7 Å². The molecule has 2 atom stereocenters. The Kier molecular flexibility index (Phi) is 10.4. The Morgan fingerprint density at radius 2 is 1.63 bits per heavy atom. The molecule has 0 unspecified atom stereocenters. The number of rotatable bonds is 13. The number of hydrogen-bond donors (Lipinski definition) is 4. The lowest BCUT2D eigenvalue weighted by Gasteiger charge is -2.22. The smallest absolute Gasteiger partial charge is 0.330 e. The highest BCUT2D eigenvalue weighted by Gasteiger charge is 2.24. The molecule has 198 valence electrons. The summed E-state index contributed by atoms with van der Waals surface area (Å²) in [5, 5.41) is 5.62. The van der Waals surface area contributed by atoms with Gasteiger partial charge in [0.15, 0.2) is 0 Å². The molecule has 2 aromatic carbocycles. The highest BCUT2D eigenvalue weighted by molar-refractivity contribution is 5.97. The molecule has 1 aromatic heterocycles. The standard InChI is InChI=1S/C29H32N4O5/c1-2-38-27(35)18-14-22(13-17-26(30)34)31-29(37)25(19-20-9-5-3-6-10-20)33-28(36)24-16-15-23(32-24)21-11-7-4-8-12-21/h3-12,14-16,18,22,25,32H,2,13,17,19H2,1H3,(H2,30,34)(H,31,37)(H,33,36)/b18-14+/t22-,25-/m1/s1. The third kappa shape index (κ3) is 8.77. The number of amides is 3. The second kappa shape index (κ2) is 14.2. The van der Waals surface area contributed by atoms with Gasteiger partial charge in [-0.15, -0.1) is 0 Å². The lowest BCUT2D eigenvalue weighted by Crippen LogP contribution is -2.50. The molecular weight excluding hydrogens is 484 g/mol.